The van der Waals surface area contributed by atoms with E-state index < -0.39 is 21.5 Å². The summed E-state index contributed by atoms with van der Waals surface area (Å²) in [5.74, 6) is -0.264. The third kappa shape index (κ3) is 2.89. The van der Waals surface area contributed by atoms with E-state index in [9.17, 15) is 9.13 Å². The molecule has 1 atom stereocenters. The second-order valence-electron chi connectivity index (χ2n) is 2.35. The van der Waals surface area contributed by atoms with Crippen molar-refractivity contribution >= 4 is 16.1 Å². The average molecular weight is 184 g/mol. The molecule has 10 heavy (non-hydrogen) atoms. The summed E-state index contributed by atoms with van der Waals surface area (Å²) < 4.78 is 20.7. The van der Waals surface area contributed by atoms with E-state index in [0.717, 1.165) is 0 Å². The molecule has 0 spiro atoms. The average Bonchev–Trinajstić information content (AvgIpc) is 1.60. The molecule has 4 nitrogen and oxygen atoms in total. The van der Waals surface area contributed by atoms with Gasteiger partial charge in [-0.15, -0.1) is 0 Å². The van der Waals surface area contributed by atoms with Gasteiger partial charge in [0.1, 0.15) is 5.40 Å². The van der Waals surface area contributed by atoms with Gasteiger partial charge >= 0.3 is 7.60 Å². The Hall–Kier alpha value is 0.250. The molecule has 0 aromatic carbocycles. The fourth-order valence-electron chi connectivity index (χ4n) is 0.572. The topological polar surface area (TPSA) is 74.6 Å². The highest BCUT2D eigenvalue weighted by Crippen LogP contribution is 2.50. The van der Waals surface area contributed by atoms with Crippen LogP contribution in [-0.4, -0.2) is 15.2 Å². The molecule has 0 amide bonds. The van der Waals surface area contributed by atoms with E-state index in [1.807, 2.05) is 0 Å². The highest BCUT2D eigenvalue weighted by Gasteiger charge is 2.32. The Morgan fingerprint density at radius 1 is 1.40 bits per heavy atom. The van der Waals surface area contributed by atoms with E-state index in [2.05, 4.69) is 0 Å². The molecule has 0 aliphatic rings. The summed E-state index contributed by atoms with van der Waals surface area (Å²) in [6.45, 7) is 3.24. The number of rotatable bonds is 3. The summed E-state index contributed by atoms with van der Waals surface area (Å²) in [5, 5.41) is -1.05. The van der Waals surface area contributed by atoms with Crippen molar-refractivity contribution in [1.82, 2.24) is 0 Å². The van der Waals surface area contributed by atoms with Crippen LogP contribution in [0.15, 0.2) is 0 Å². The third-order valence-electron chi connectivity index (χ3n) is 1.05. The molecule has 0 saturated carbocycles. The van der Waals surface area contributed by atoms with Gasteiger partial charge in [-0.2, -0.15) is 0 Å². The van der Waals surface area contributed by atoms with Gasteiger partial charge in [-0.05, 0) is 5.92 Å². The smallest absolute Gasteiger partial charge is 0.324 e. The van der Waals surface area contributed by atoms with E-state index in [-0.39, 0.29) is 5.92 Å². The summed E-state index contributed by atoms with van der Waals surface area (Å²) in [4.78, 5) is 17.1. The monoisotopic (exact) mass is 184 g/mol. The molecule has 0 fully saturated rings. The van der Waals surface area contributed by atoms with Gasteiger partial charge in [0.05, 0.1) is 0 Å². The SMILES string of the molecule is CC(C)C(P=O)P(=O)(O)O. The summed E-state index contributed by atoms with van der Waals surface area (Å²) in [5.41, 5.74) is 0. The van der Waals surface area contributed by atoms with E-state index in [4.69, 9.17) is 9.79 Å². The first-order valence-electron chi connectivity index (χ1n) is 2.77. The van der Waals surface area contributed by atoms with Gasteiger partial charge < -0.3 is 9.79 Å². The van der Waals surface area contributed by atoms with Crippen LogP contribution in [0.4, 0.5) is 0 Å². The van der Waals surface area contributed by atoms with Crippen LogP contribution in [0.1, 0.15) is 13.8 Å². The second-order valence-corrected chi connectivity index (χ2v) is 5.26. The highest BCUT2D eigenvalue weighted by molar-refractivity contribution is 7.61. The fraction of sp³-hybridized carbons (Fsp3) is 1.00. The molecule has 1 unspecified atom stereocenters. The summed E-state index contributed by atoms with van der Waals surface area (Å²) >= 11 is 0. The Labute approximate surface area is 61.0 Å². The molecule has 0 aromatic heterocycles. The lowest BCUT2D eigenvalue weighted by molar-refractivity contribution is 0.359. The van der Waals surface area contributed by atoms with Gasteiger partial charge in [-0.25, -0.2) is 0 Å². The standard InChI is InChI=1S/C4H10O4P2/c1-3(2)4(9-5)10(6,7)8/h3-4H,1-2H3,(H2,6,7,8). The molecule has 0 saturated heterocycles. The fourth-order valence-corrected chi connectivity index (χ4v) is 2.08. The minimum atomic E-state index is -4.16. The van der Waals surface area contributed by atoms with Gasteiger partial charge in [0.15, 0.2) is 8.46 Å². The van der Waals surface area contributed by atoms with Crippen LogP contribution in [-0.2, 0) is 9.13 Å². The first-order chi connectivity index (χ1) is 4.39. The van der Waals surface area contributed by atoms with E-state index in [1.54, 1.807) is 13.8 Å². The number of hydrogen-bond acceptors (Lipinski definition) is 2. The normalized spacial score (nSPS) is 16.1. The van der Waals surface area contributed by atoms with E-state index >= 15 is 0 Å². The Morgan fingerprint density at radius 2 is 1.80 bits per heavy atom. The lowest BCUT2D eigenvalue weighted by atomic mass is 10.3. The van der Waals surface area contributed by atoms with Crippen molar-refractivity contribution in [1.29, 1.82) is 0 Å². The maximum atomic E-state index is 10.5. The minimum absolute atomic E-state index is 0.264. The zero-order valence-electron chi connectivity index (χ0n) is 5.76. The Balaban J connectivity index is 4.37. The molecule has 0 bridgehead atoms. The predicted octanol–water partition coefficient (Wildman–Crippen LogP) is 1.44. The van der Waals surface area contributed by atoms with Gasteiger partial charge in [-0.3, -0.25) is 9.13 Å². The Kier molecular flexibility index (Phi) is 3.68. The van der Waals surface area contributed by atoms with Crippen LogP contribution in [0.5, 0.6) is 0 Å². The van der Waals surface area contributed by atoms with Gasteiger partial charge in [0.25, 0.3) is 0 Å². The molecule has 0 heterocycles. The second kappa shape index (κ2) is 3.59. The van der Waals surface area contributed by atoms with Crippen LogP contribution >= 0.6 is 16.1 Å². The van der Waals surface area contributed by atoms with Crippen LogP contribution in [0.25, 0.3) is 0 Å². The molecule has 6 heteroatoms. The summed E-state index contributed by atoms with van der Waals surface area (Å²) in [7, 11) is -4.64. The minimum Gasteiger partial charge on any atom is -0.324 e. The molecule has 2 N–H and O–H groups in total. The van der Waals surface area contributed by atoms with Crippen LogP contribution in [0.3, 0.4) is 0 Å². The molecule has 60 valence electrons. The lowest BCUT2D eigenvalue weighted by Crippen LogP contribution is -2.07. The van der Waals surface area contributed by atoms with Gasteiger partial charge in [0, 0.05) is 0 Å². The summed E-state index contributed by atoms with van der Waals surface area (Å²) in [6.07, 6.45) is 0. The van der Waals surface area contributed by atoms with Crippen LogP contribution in [0, 0.1) is 5.92 Å². The summed E-state index contributed by atoms with van der Waals surface area (Å²) in [6, 6.07) is 0. The van der Waals surface area contributed by atoms with Crippen molar-refractivity contribution < 1.29 is 18.9 Å². The Bertz CT molecular complexity index is 161. The quantitative estimate of drug-likeness (QED) is 0.650. The molecule has 0 aliphatic heterocycles. The first-order valence-corrected chi connectivity index (χ1v) is 5.33. The van der Waals surface area contributed by atoms with Crippen molar-refractivity contribution in [3.8, 4) is 0 Å². The number of hydrogen-bond donors (Lipinski definition) is 2. The van der Waals surface area contributed by atoms with Crippen molar-refractivity contribution in [3.63, 3.8) is 0 Å². The molecule has 0 rings (SSSR count). The maximum absolute atomic E-state index is 10.5. The zero-order valence-corrected chi connectivity index (χ0v) is 7.55. The lowest BCUT2D eigenvalue weighted by Gasteiger charge is -2.13. The zero-order chi connectivity index (χ0) is 8.36. The van der Waals surface area contributed by atoms with E-state index in [1.165, 1.54) is 0 Å². The molecular weight excluding hydrogens is 174 g/mol. The van der Waals surface area contributed by atoms with Crippen molar-refractivity contribution in [3.05, 3.63) is 0 Å². The predicted molar refractivity (Wildman–Crippen MR) is 38.3 cm³/mol. The van der Waals surface area contributed by atoms with Gasteiger partial charge in [-0.1, -0.05) is 13.8 Å². The van der Waals surface area contributed by atoms with Crippen LogP contribution < -0.4 is 0 Å². The molecule has 0 aromatic rings. The third-order valence-corrected chi connectivity index (χ3v) is 4.33. The van der Waals surface area contributed by atoms with Crippen molar-refractivity contribution in [2.24, 2.45) is 5.92 Å². The molecule has 0 aliphatic carbocycles. The van der Waals surface area contributed by atoms with Crippen molar-refractivity contribution in [2.45, 2.75) is 19.2 Å². The molecular formula is C4H10O4P2. The van der Waals surface area contributed by atoms with Crippen LogP contribution in [0.2, 0.25) is 0 Å². The molecule has 0 radical (unpaired) electrons. The maximum Gasteiger partial charge on any atom is 0.340 e. The highest BCUT2D eigenvalue weighted by atomic mass is 31.2. The largest absolute Gasteiger partial charge is 0.340 e. The van der Waals surface area contributed by atoms with Crippen molar-refractivity contribution in [2.75, 3.05) is 0 Å². The van der Waals surface area contributed by atoms with E-state index in [0.29, 0.717) is 0 Å². The Morgan fingerprint density at radius 3 is 1.80 bits per heavy atom. The first kappa shape index (κ1) is 10.2. The van der Waals surface area contributed by atoms with Gasteiger partial charge in [0.2, 0.25) is 0 Å².